The molecule has 0 aliphatic carbocycles. The average Bonchev–Trinajstić information content (AvgIpc) is 2.32. The van der Waals surface area contributed by atoms with Crippen LogP contribution in [0.25, 0.3) is 0 Å². The SMILES string of the molecule is Cc1ccc(C(N)c2cc(Br)ccc2Cl)cc1. The van der Waals surface area contributed by atoms with Crippen LogP contribution in [0, 0.1) is 6.92 Å². The molecule has 2 N–H and O–H groups in total. The van der Waals surface area contributed by atoms with Gasteiger partial charge in [0.05, 0.1) is 6.04 Å². The van der Waals surface area contributed by atoms with Crippen molar-refractivity contribution in [1.82, 2.24) is 0 Å². The molecule has 0 saturated carbocycles. The summed E-state index contributed by atoms with van der Waals surface area (Å²) in [6.45, 7) is 2.06. The van der Waals surface area contributed by atoms with Gasteiger partial charge in [-0.1, -0.05) is 57.4 Å². The van der Waals surface area contributed by atoms with Crippen molar-refractivity contribution >= 4 is 27.5 Å². The zero-order chi connectivity index (χ0) is 12.4. The molecule has 0 spiro atoms. The second kappa shape index (κ2) is 5.21. The Bertz CT molecular complexity index is 522. The van der Waals surface area contributed by atoms with Crippen molar-refractivity contribution in [3.05, 3.63) is 68.7 Å². The smallest absolute Gasteiger partial charge is 0.0566 e. The lowest BCUT2D eigenvalue weighted by atomic mass is 9.99. The molecule has 1 nitrogen and oxygen atoms in total. The molecule has 0 bridgehead atoms. The van der Waals surface area contributed by atoms with Gasteiger partial charge < -0.3 is 5.73 Å². The third kappa shape index (κ3) is 2.89. The van der Waals surface area contributed by atoms with Gasteiger partial charge >= 0.3 is 0 Å². The molecule has 1 atom stereocenters. The van der Waals surface area contributed by atoms with Gasteiger partial charge in [-0.25, -0.2) is 0 Å². The van der Waals surface area contributed by atoms with Gasteiger partial charge in [-0.05, 0) is 36.2 Å². The van der Waals surface area contributed by atoms with E-state index in [0.717, 1.165) is 15.6 Å². The van der Waals surface area contributed by atoms with Gasteiger partial charge in [0, 0.05) is 9.50 Å². The zero-order valence-electron chi connectivity index (χ0n) is 9.45. The maximum Gasteiger partial charge on any atom is 0.0566 e. The van der Waals surface area contributed by atoms with E-state index in [1.54, 1.807) is 0 Å². The Hall–Kier alpha value is -0.830. The van der Waals surface area contributed by atoms with Crippen LogP contribution in [-0.4, -0.2) is 0 Å². The van der Waals surface area contributed by atoms with E-state index in [-0.39, 0.29) is 6.04 Å². The van der Waals surface area contributed by atoms with Crippen molar-refractivity contribution in [2.75, 3.05) is 0 Å². The summed E-state index contributed by atoms with van der Waals surface area (Å²) in [4.78, 5) is 0. The molecule has 0 fully saturated rings. The van der Waals surface area contributed by atoms with Gasteiger partial charge in [0.15, 0.2) is 0 Å². The van der Waals surface area contributed by atoms with Crippen LogP contribution in [-0.2, 0) is 0 Å². The number of rotatable bonds is 2. The fourth-order valence-electron chi connectivity index (χ4n) is 1.71. The maximum absolute atomic E-state index is 6.23. The Morgan fingerprint density at radius 2 is 1.76 bits per heavy atom. The highest BCUT2D eigenvalue weighted by Crippen LogP contribution is 2.29. The van der Waals surface area contributed by atoms with Crippen molar-refractivity contribution in [1.29, 1.82) is 0 Å². The lowest BCUT2D eigenvalue weighted by molar-refractivity contribution is 0.870. The van der Waals surface area contributed by atoms with Crippen LogP contribution in [0.1, 0.15) is 22.7 Å². The first kappa shape index (κ1) is 12.6. The Morgan fingerprint density at radius 1 is 1.12 bits per heavy atom. The molecule has 2 aromatic carbocycles. The molecule has 0 radical (unpaired) electrons. The molecule has 0 saturated heterocycles. The van der Waals surface area contributed by atoms with Gasteiger partial charge in [-0.15, -0.1) is 0 Å². The Morgan fingerprint density at radius 3 is 2.41 bits per heavy atom. The molecule has 0 aliphatic rings. The minimum absolute atomic E-state index is 0.194. The van der Waals surface area contributed by atoms with E-state index in [9.17, 15) is 0 Å². The third-order valence-electron chi connectivity index (χ3n) is 2.73. The molecule has 2 rings (SSSR count). The number of hydrogen-bond acceptors (Lipinski definition) is 1. The number of benzene rings is 2. The number of hydrogen-bond donors (Lipinski definition) is 1. The van der Waals surface area contributed by atoms with Crippen LogP contribution in [0.2, 0.25) is 5.02 Å². The second-order valence-corrected chi connectivity index (χ2v) is 5.38. The van der Waals surface area contributed by atoms with Crippen molar-refractivity contribution in [2.24, 2.45) is 5.73 Å². The van der Waals surface area contributed by atoms with E-state index >= 15 is 0 Å². The molecule has 88 valence electrons. The fourth-order valence-corrected chi connectivity index (χ4v) is 2.32. The van der Waals surface area contributed by atoms with Crippen molar-refractivity contribution in [2.45, 2.75) is 13.0 Å². The second-order valence-electron chi connectivity index (χ2n) is 4.05. The third-order valence-corrected chi connectivity index (χ3v) is 3.57. The lowest BCUT2D eigenvalue weighted by Gasteiger charge is -2.14. The molecule has 17 heavy (non-hydrogen) atoms. The van der Waals surface area contributed by atoms with Gasteiger partial charge in [0.25, 0.3) is 0 Å². The minimum atomic E-state index is -0.194. The van der Waals surface area contributed by atoms with Gasteiger partial charge in [0.2, 0.25) is 0 Å². The highest BCUT2D eigenvalue weighted by atomic mass is 79.9. The topological polar surface area (TPSA) is 26.0 Å². The number of nitrogens with two attached hydrogens (primary N) is 1. The summed E-state index contributed by atoms with van der Waals surface area (Å²) in [5, 5.41) is 0.696. The van der Waals surface area contributed by atoms with Gasteiger partial charge in [-0.2, -0.15) is 0 Å². The summed E-state index contributed by atoms with van der Waals surface area (Å²) >= 11 is 9.61. The summed E-state index contributed by atoms with van der Waals surface area (Å²) in [6, 6.07) is 13.7. The van der Waals surface area contributed by atoms with Crippen LogP contribution >= 0.6 is 27.5 Å². The first-order valence-corrected chi connectivity index (χ1v) is 6.52. The van der Waals surface area contributed by atoms with Crippen molar-refractivity contribution < 1.29 is 0 Å². The van der Waals surface area contributed by atoms with Crippen LogP contribution in [0.5, 0.6) is 0 Å². The molecule has 0 aliphatic heterocycles. The summed E-state index contributed by atoms with van der Waals surface area (Å²) in [7, 11) is 0. The fraction of sp³-hybridized carbons (Fsp3) is 0.143. The Balaban J connectivity index is 2.39. The predicted octanol–water partition coefficient (Wildman–Crippen LogP) is 4.46. The minimum Gasteiger partial charge on any atom is -0.320 e. The maximum atomic E-state index is 6.23. The van der Waals surface area contributed by atoms with E-state index < -0.39 is 0 Å². The van der Waals surface area contributed by atoms with Crippen LogP contribution in [0.4, 0.5) is 0 Å². The van der Waals surface area contributed by atoms with E-state index in [1.165, 1.54) is 5.56 Å². The molecule has 0 aromatic heterocycles. The molecule has 0 heterocycles. The largest absolute Gasteiger partial charge is 0.320 e. The van der Waals surface area contributed by atoms with E-state index in [1.807, 2.05) is 30.3 Å². The standard InChI is InChI=1S/C14H13BrClN/c1-9-2-4-10(5-3-9)14(17)12-8-11(15)6-7-13(12)16/h2-8,14H,17H2,1H3. The van der Waals surface area contributed by atoms with Gasteiger partial charge in [-0.3, -0.25) is 0 Å². The van der Waals surface area contributed by atoms with Crippen LogP contribution < -0.4 is 5.73 Å². The highest BCUT2D eigenvalue weighted by Gasteiger charge is 2.12. The van der Waals surface area contributed by atoms with Crippen LogP contribution in [0.15, 0.2) is 46.9 Å². The quantitative estimate of drug-likeness (QED) is 0.871. The molecule has 3 heteroatoms. The first-order chi connectivity index (χ1) is 8.08. The molecule has 2 aromatic rings. The van der Waals surface area contributed by atoms with Gasteiger partial charge in [0.1, 0.15) is 0 Å². The molecule has 0 amide bonds. The molecule has 1 unspecified atom stereocenters. The van der Waals surface area contributed by atoms with Crippen LogP contribution in [0.3, 0.4) is 0 Å². The van der Waals surface area contributed by atoms with E-state index in [4.69, 9.17) is 17.3 Å². The van der Waals surface area contributed by atoms with E-state index in [2.05, 4.69) is 35.0 Å². The summed E-state index contributed by atoms with van der Waals surface area (Å²) in [5.74, 6) is 0. The van der Waals surface area contributed by atoms with E-state index in [0.29, 0.717) is 5.02 Å². The lowest BCUT2D eigenvalue weighted by Crippen LogP contribution is -2.12. The van der Waals surface area contributed by atoms with Crippen molar-refractivity contribution in [3.63, 3.8) is 0 Å². The number of halogens is 2. The zero-order valence-corrected chi connectivity index (χ0v) is 11.8. The highest BCUT2D eigenvalue weighted by molar-refractivity contribution is 9.10. The monoisotopic (exact) mass is 309 g/mol. The molecular weight excluding hydrogens is 298 g/mol. The predicted molar refractivity (Wildman–Crippen MR) is 76.4 cm³/mol. The normalized spacial score (nSPS) is 12.5. The first-order valence-electron chi connectivity index (χ1n) is 5.35. The summed E-state index contributed by atoms with van der Waals surface area (Å²) < 4.78 is 0.986. The summed E-state index contributed by atoms with van der Waals surface area (Å²) in [5.41, 5.74) is 9.45. The Kier molecular flexibility index (Phi) is 3.87. The summed E-state index contributed by atoms with van der Waals surface area (Å²) in [6.07, 6.45) is 0. The number of aryl methyl sites for hydroxylation is 1. The average molecular weight is 311 g/mol. The molecular formula is C14H13BrClN. The Labute approximate surface area is 115 Å². The van der Waals surface area contributed by atoms with Crippen molar-refractivity contribution in [3.8, 4) is 0 Å².